The number of hydrogen-bond donors (Lipinski definition) is 1. The summed E-state index contributed by atoms with van der Waals surface area (Å²) in [6.07, 6.45) is 0.362. The lowest BCUT2D eigenvalue weighted by atomic mass is 10.1. The van der Waals surface area contributed by atoms with E-state index in [1.54, 1.807) is 7.11 Å². The number of ether oxygens (including phenoxy) is 2. The molecule has 0 aliphatic heterocycles. The molecule has 1 amide bonds. The van der Waals surface area contributed by atoms with Gasteiger partial charge in [-0.1, -0.05) is 24.3 Å². The first-order valence-corrected chi connectivity index (χ1v) is 7.32. The number of rotatable bonds is 7. The van der Waals surface area contributed by atoms with Gasteiger partial charge in [0.1, 0.15) is 11.5 Å². The van der Waals surface area contributed by atoms with Gasteiger partial charge in [-0.15, -0.1) is 0 Å². The van der Waals surface area contributed by atoms with Gasteiger partial charge in [0.05, 0.1) is 20.1 Å². The molecule has 0 bridgehead atoms. The maximum absolute atomic E-state index is 11.9. The molecule has 22 heavy (non-hydrogen) atoms. The van der Waals surface area contributed by atoms with Crippen molar-refractivity contribution < 1.29 is 14.3 Å². The molecule has 0 saturated carbocycles. The van der Waals surface area contributed by atoms with E-state index in [2.05, 4.69) is 5.32 Å². The van der Waals surface area contributed by atoms with Gasteiger partial charge in [0.2, 0.25) is 5.91 Å². The Morgan fingerprint density at radius 3 is 2.14 bits per heavy atom. The predicted octanol–water partition coefficient (Wildman–Crippen LogP) is 2.95. The fourth-order valence-electron chi connectivity index (χ4n) is 2.06. The Labute approximate surface area is 131 Å². The predicted molar refractivity (Wildman–Crippen MR) is 86.2 cm³/mol. The van der Waals surface area contributed by atoms with E-state index in [1.807, 2.05) is 55.5 Å². The minimum atomic E-state index is -0.000878. The third kappa shape index (κ3) is 4.81. The van der Waals surface area contributed by atoms with Crippen molar-refractivity contribution in [2.75, 3.05) is 13.7 Å². The molecule has 0 aliphatic carbocycles. The summed E-state index contributed by atoms with van der Waals surface area (Å²) >= 11 is 0. The smallest absolute Gasteiger partial charge is 0.224 e. The number of carbonyl (C=O) groups excluding carboxylic acids is 1. The van der Waals surface area contributed by atoms with E-state index in [9.17, 15) is 4.79 Å². The highest BCUT2D eigenvalue weighted by Crippen LogP contribution is 2.13. The van der Waals surface area contributed by atoms with Crippen LogP contribution in [0.2, 0.25) is 0 Å². The molecule has 0 aromatic heterocycles. The van der Waals surface area contributed by atoms with Crippen molar-refractivity contribution in [2.24, 2.45) is 0 Å². The van der Waals surface area contributed by atoms with Crippen molar-refractivity contribution in [3.05, 3.63) is 59.7 Å². The standard InChI is InChI=1S/C18H21NO3/c1-3-22-17-10-6-15(7-11-17)13-19-18(20)12-14-4-8-16(21-2)9-5-14/h4-11H,3,12-13H2,1-2H3,(H,19,20). The van der Waals surface area contributed by atoms with Gasteiger partial charge in [0, 0.05) is 6.54 Å². The first kappa shape index (κ1) is 15.9. The van der Waals surface area contributed by atoms with Gasteiger partial charge in [0.15, 0.2) is 0 Å². The fraction of sp³-hybridized carbons (Fsp3) is 0.278. The van der Waals surface area contributed by atoms with Gasteiger partial charge in [-0.3, -0.25) is 4.79 Å². The van der Waals surface area contributed by atoms with Crippen LogP contribution < -0.4 is 14.8 Å². The SMILES string of the molecule is CCOc1ccc(CNC(=O)Cc2ccc(OC)cc2)cc1. The molecular formula is C18H21NO3. The molecule has 2 aromatic carbocycles. The Balaban J connectivity index is 1.81. The molecule has 4 nitrogen and oxygen atoms in total. The zero-order valence-corrected chi connectivity index (χ0v) is 13.0. The lowest BCUT2D eigenvalue weighted by Gasteiger charge is -2.07. The van der Waals surface area contributed by atoms with E-state index in [-0.39, 0.29) is 5.91 Å². The van der Waals surface area contributed by atoms with Crippen LogP contribution in [0.5, 0.6) is 11.5 Å². The van der Waals surface area contributed by atoms with E-state index in [1.165, 1.54) is 0 Å². The molecule has 2 aromatic rings. The summed E-state index contributed by atoms with van der Waals surface area (Å²) in [5.74, 6) is 1.63. The van der Waals surface area contributed by atoms with Gasteiger partial charge in [0.25, 0.3) is 0 Å². The van der Waals surface area contributed by atoms with Crippen LogP contribution in [-0.4, -0.2) is 19.6 Å². The number of benzene rings is 2. The van der Waals surface area contributed by atoms with Gasteiger partial charge in [-0.25, -0.2) is 0 Å². The second-order valence-corrected chi connectivity index (χ2v) is 4.88. The van der Waals surface area contributed by atoms with Gasteiger partial charge in [-0.05, 0) is 42.3 Å². The van der Waals surface area contributed by atoms with Crippen LogP contribution in [0.1, 0.15) is 18.1 Å². The molecule has 0 atom stereocenters. The maximum atomic E-state index is 11.9. The van der Waals surface area contributed by atoms with Crippen LogP contribution in [0.15, 0.2) is 48.5 Å². The third-order valence-electron chi connectivity index (χ3n) is 3.25. The summed E-state index contributed by atoms with van der Waals surface area (Å²) in [5.41, 5.74) is 2.01. The highest BCUT2D eigenvalue weighted by molar-refractivity contribution is 5.78. The molecule has 0 radical (unpaired) electrons. The van der Waals surface area contributed by atoms with Crippen LogP contribution >= 0.6 is 0 Å². The topological polar surface area (TPSA) is 47.6 Å². The highest BCUT2D eigenvalue weighted by atomic mass is 16.5. The summed E-state index contributed by atoms with van der Waals surface area (Å²) in [5, 5.41) is 2.92. The fourth-order valence-corrected chi connectivity index (χ4v) is 2.06. The van der Waals surface area contributed by atoms with Crippen molar-refractivity contribution in [3.8, 4) is 11.5 Å². The summed E-state index contributed by atoms with van der Waals surface area (Å²) in [4.78, 5) is 11.9. The molecule has 0 aliphatic rings. The number of carbonyl (C=O) groups is 1. The number of hydrogen-bond acceptors (Lipinski definition) is 3. The number of amides is 1. The van der Waals surface area contributed by atoms with Crippen molar-refractivity contribution in [3.63, 3.8) is 0 Å². The van der Waals surface area contributed by atoms with E-state index in [4.69, 9.17) is 9.47 Å². The number of nitrogens with one attached hydrogen (secondary N) is 1. The average Bonchev–Trinajstić information content (AvgIpc) is 2.55. The maximum Gasteiger partial charge on any atom is 0.224 e. The normalized spacial score (nSPS) is 10.1. The highest BCUT2D eigenvalue weighted by Gasteiger charge is 2.04. The van der Waals surface area contributed by atoms with Gasteiger partial charge in [-0.2, -0.15) is 0 Å². The van der Waals surface area contributed by atoms with Crippen molar-refractivity contribution in [1.82, 2.24) is 5.32 Å². The minimum Gasteiger partial charge on any atom is -0.497 e. The summed E-state index contributed by atoms with van der Waals surface area (Å²) in [6.45, 7) is 3.12. The Morgan fingerprint density at radius 1 is 0.955 bits per heavy atom. The quantitative estimate of drug-likeness (QED) is 0.855. The molecule has 116 valence electrons. The summed E-state index contributed by atoms with van der Waals surface area (Å²) in [7, 11) is 1.62. The van der Waals surface area contributed by atoms with Crippen molar-refractivity contribution in [1.29, 1.82) is 0 Å². The Bertz CT molecular complexity index is 591. The largest absolute Gasteiger partial charge is 0.497 e. The molecule has 4 heteroatoms. The molecule has 0 spiro atoms. The van der Waals surface area contributed by atoms with Gasteiger partial charge < -0.3 is 14.8 Å². The van der Waals surface area contributed by atoms with E-state index >= 15 is 0 Å². The van der Waals surface area contributed by atoms with Crippen LogP contribution in [0.25, 0.3) is 0 Å². The van der Waals surface area contributed by atoms with Crippen LogP contribution in [0.3, 0.4) is 0 Å². The van der Waals surface area contributed by atoms with Crippen LogP contribution in [0, 0.1) is 0 Å². The lowest BCUT2D eigenvalue weighted by molar-refractivity contribution is -0.120. The summed E-state index contributed by atoms with van der Waals surface area (Å²) in [6, 6.07) is 15.2. The molecule has 0 heterocycles. The first-order valence-electron chi connectivity index (χ1n) is 7.32. The average molecular weight is 299 g/mol. The molecule has 1 N–H and O–H groups in total. The second kappa shape index (κ2) is 8.08. The van der Waals surface area contributed by atoms with Crippen molar-refractivity contribution >= 4 is 5.91 Å². The molecular weight excluding hydrogens is 278 g/mol. The molecule has 0 saturated heterocycles. The first-order chi connectivity index (χ1) is 10.7. The molecule has 0 unspecified atom stereocenters. The second-order valence-electron chi connectivity index (χ2n) is 4.88. The van der Waals surface area contributed by atoms with E-state index in [0.29, 0.717) is 19.6 Å². The minimum absolute atomic E-state index is 0.000878. The van der Waals surface area contributed by atoms with Crippen molar-refractivity contribution in [2.45, 2.75) is 19.9 Å². The van der Waals surface area contributed by atoms with E-state index in [0.717, 1.165) is 22.6 Å². The molecule has 0 fully saturated rings. The lowest BCUT2D eigenvalue weighted by Crippen LogP contribution is -2.24. The molecule has 2 rings (SSSR count). The van der Waals surface area contributed by atoms with Gasteiger partial charge >= 0.3 is 0 Å². The zero-order valence-electron chi connectivity index (χ0n) is 13.0. The third-order valence-corrected chi connectivity index (χ3v) is 3.25. The van der Waals surface area contributed by atoms with Crippen LogP contribution in [0.4, 0.5) is 0 Å². The zero-order chi connectivity index (χ0) is 15.8. The number of methoxy groups -OCH3 is 1. The Kier molecular flexibility index (Phi) is 5.83. The Hall–Kier alpha value is -2.49. The monoisotopic (exact) mass is 299 g/mol. The van der Waals surface area contributed by atoms with E-state index < -0.39 is 0 Å². The van der Waals surface area contributed by atoms with Crippen LogP contribution in [-0.2, 0) is 17.8 Å². The Morgan fingerprint density at radius 2 is 1.55 bits per heavy atom. The summed E-state index contributed by atoms with van der Waals surface area (Å²) < 4.78 is 10.5.